The summed E-state index contributed by atoms with van der Waals surface area (Å²) in [5, 5.41) is 2.66. The largest absolute Gasteiger partial charge is 0.355 e. The van der Waals surface area contributed by atoms with Crippen molar-refractivity contribution in [3.63, 3.8) is 0 Å². The summed E-state index contributed by atoms with van der Waals surface area (Å²) in [6.45, 7) is 4.66. The van der Waals surface area contributed by atoms with Crippen LogP contribution in [0.4, 0.5) is 8.78 Å². The second-order valence-corrected chi connectivity index (χ2v) is 5.03. The van der Waals surface area contributed by atoms with E-state index in [2.05, 4.69) is 5.32 Å². The third-order valence-corrected chi connectivity index (χ3v) is 2.70. The van der Waals surface area contributed by atoms with Crippen LogP contribution in [0.3, 0.4) is 0 Å². The fraction of sp³-hybridized carbons (Fsp3) is 0.462. The Morgan fingerprint density at radius 2 is 2.06 bits per heavy atom. The smallest absolute Gasteiger partial charge is 0.224 e. The molecule has 100 valence electrons. The second-order valence-electron chi connectivity index (χ2n) is 5.03. The lowest BCUT2D eigenvalue weighted by Gasteiger charge is -2.22. The van der Waals surface area contributed by atoms with E-state index in [4.69, 9.17) is 5.73 Å². The quantitative estimate of drug-likeness (QED) is 0.841. The van der Waals surface area contributed by atoms with Crippen molar-refractivity contribution >= 4 is 5.91 Å². The summed E-state index contributed by atoms with van der Waals surface area (Å²) in [7, 11) is 0. The number of rotatable bonds is 5. The molecule has 0 atom stereocenters. The van der Waals surface area contributed by atoms with Crippen molar-refractivity contribution < 1.29 is 13.6 Å². The van der Waals surface area contributed by atoms with Gasteiger partial charge in [-0.15, -0.1) is 0 Å². The summed E-state index contributed by atoms with van der Waals surface area (Å²) >= 11 is 0. The van der Waals surface area contributed by atoms with Gasteiger partial charge >= 0.3 is 0 Å². The molecule has 0 bridgehead atoms. The Labute approximate surface area is 105 Å². The van der Waals surface area contributed by atoms with E-state index in [0.29, 0.717) is 13.1 Å². The number of hydrogen-bond acceptors (Lipinski definition) is 2. The first-order valence-electron chi connectivity index (χ1n) is 5.75. The fourth-order valence-corrected chi connectivity index (χ4v) is 1.33. The predicted octanol–water partition coefficient (Wildman–Crippen LogP) is 1.61. The Morgan fingerprint density at radius 1 is 1.39 bits per heavy atom. The maximum absolute atomic E-state index is 13.3. The number of carbonyl (C=O) groups excluding carboxylic acids is 1. The van der Waals surface area contributed by atoms with Crippen LogP contribution in [0.25, 0.3) is 0 Å². The first-order valence-corrected chi connectivity index (χ1v) is 5.75. The van der Waals surface area contributed by atoms with Gasteiger partial charge in [-0.25, -0.2) is 8.78 Å². The first-order chi connectivity index (χ1) is 8.35. The van der Waals surface area contributed by atoms with Crippen LogP contribution in [0.5, 0.6) is 0 Å². The van der Waals surface area contributed by atoms with Crippen LogP contribution in [0.1, 0.15) is 19.4 Å². The molecule has 0 aliphatic heterocycles. The van der Waals surface area contributed by atoms with Gasteiger partial charge in [-0.2, -0.15) is 0 Å². The lowest BCUT2D eigenvalue weighted by atomic mass is 9.94. The van der Waals surface area contributed by atoms with Crippen LogP contribution >= 0.6 is 0 Å². The number of nitrogens with one attached hydrogen (secondary N) is 1. The highest BCUT2D eigenvalue weighted by Crippen LogP contribution is 2.13. The number of amides is 1. The van der Waals surface area contributed by atoms with Gasteiger partial charge in [-0.1, -0.05) is 26.0 Å². The van der Waals surface area contributed by atoms with E-state index in [0.717, 1.165) is 6.07 Å². The van der Waals surface area contributed by atoms with E-state index in [9.17, 15) is 13.6 Å². The van der Waals surface area contributed by atoms with Crippen molar-refractivity contribution in [3.8, 4) is 0 Å². The van der Waals surface area contributed by atoms with Gasteiger partial charge in [0.15, 0.2) is 11.6 Å². The van der Waals surface area contributed by atoms with Gasteiger partial charge in [0, 0.05) is 12.1 Å². The van der Waals surface area contributed by atoms with Crippen molar-refractivity contribution in [1.29, 1.82) is 0 Å². The molecule has 0 aliphatic carbocycles. The molecule has 1 rings (SSSR count). The minimum Gasteiger partial charge on any atom is -0.355 e. The molecular weight excluding hydrogens is 238 g/mol. The number of hydrogen-bond donors (Lipinski definition) is 2. The zero-order valence-corrected chi connectivity index (χ0v) is 10.6. The van der Waals surface area contributed by atoms with Crippen LogP contribution in [0.15, 0.2) is 18.2 Å². The van der Waals surface area contributed by atoms with Crippen molar-refractivity contribution in [2.45, 2.75) is 20.3 Å². The summed E-state index contributed by atoms with van der Waals surface area (Å²) in [5.74, 6) is -2.26. The molecule has 5 heteroatoms. The topological polar surface area (TPSA) is 55.1 Å². The molecule has 0 saturated heterocycles. The maximum Gasteiger partial charge on any atom is 0.224 e. The molecule has 0 radical (unpaired) electrons. The molecule has 3 nitrogen and oxygen atoms in total. The summed E-state index contributed by atoms with van der Waals surface area (Å²) in [6, 6.07) is 3.80. The van der Waals surface area contributed by atoms with Gasteiger partial charge < -0.3 is 11.1 Å². The molecule has 1 aromatic rings. The van der Waals surface area contributed by atoms with Crippen molar-refractivity contribution in [1.82, 2.24) is 5.32 Å². The summed E-state index contributed by atoms with van der Waals surface area (Å²) < 4.78 is 26.3. The molecular formula is C13H18F2N2O. The molecule has 0 aromatic heterocycles. The van der Waals surface area contributed by atoms with Crippen LogP contribution in [-0.4, -0.2) is 19.0 Å². The van der Waals surface area contributed by atoms with Gasteiger partial charge in [0.2, 0.25) is 5.91 Å². The molecule has 1 amide bonds. The van der Waals surface area contributed by atoms with E-state index in [-0.39, 0.29) is 23.3 Å². The summed E-state index contributed by atoms with van der Waals surface area (Å²) in [6.07, 6.45) is -0.176. The number of halogens is 2. The van der Waals surface area contributed by atoms with Crippen molar-refractivity contribution in [2.24, 2.45) is 11.1 Å². The lowest BCUT2D eigenvalue weighted by Crippen LogP contribution is -2.39. The molecule has 18 heavy (non-hydrogen) atoms. The molecule has 0 spiro atoms. The third-order valence-electron chi connectivity index (χ3n) is 2.70. The zero-order valence-electron chi connectivity index (χ0n) is 10.6. The molecule has 0 unspecified atom stereocenters. The Balaban J connectivity index is 2.58. The van der Waals surface area contributed by atoms with Crippen LogP contribution < -0.4 is 11.1 Å². The Hall–Kier alpha value is -1.49. The van der Waals surface area contributed by atoms with Crippen molar-refractivity contribution in [2.75, 3.05) is 13.1 Å². The Bertz CT molecular complexity index is 433. The fourth-order valence-electron chi connectivity index (χ4n) is 1.33. The summed E-state index contributed by atoms with van der Waals surface area (Å²) in [5.41, 5.74) is 5.37. The SMILES string of the molecule is CC(C)(CN)CNC(=O)Cc1cccc(F)c1F. The first kappa shape index (κ1) is 14.6. The minimum absolute atomic E-state index is 0.0538. The monoisotopic (exact) mass is 256 g/mol. The maximum atomic E-state index is 13.3. The average Bonchev–Trinajstić information content (AvgIpc) is 2.33. The standard InChI is InChI=1S/C13H18F2N2O/c1-13(2,7-16)8-17-11(18)6-9-4-3-5-10(14)12(9)15/h3-5H,6-8,16H2,1-2H3,(H,17,18). The minimum atomic E-state index is -0.967. The number of carbonyl (C=O) groups is 1. The molecule has 0 saturated carbocycles. The number of nitrogens with two attached hydrogens (primary N) is 1. The van der Waals surface area contributed by atoms with E-state index in [1.54, 1.807) is 0 Å². The highest BCUT2D eigenvalue weighted by atomic mass is 19.2. The van der Waals surface area contributed by atoms with Gasteiger partial charge in [0.05, 0.1) is 6.42 Å². The second kappa shape index (κ2) is 5.91. The summed E-state index contributed by atoms with van der Waals surface area (Å²) in [4.78, 5) is 11.6. The predicted molar refractivity (Wildman–Crippen MR) is 65.9 cm³/mol. The highest BCUT2D eigenvalue weighted by Gasteiger charge is 2.17. The van der Waals surface area contributed by atoms with Crippen LogP contribution in [0, 0.1) is 17.0 Å². The zero-order chi connectivity index (χ0) is 13.8. The molecule has 3 N–H and O–H groups in total. The molecule has 0 fully saturated rings. The Kier molecular flexibility index (Phi) is 4.78. The van der Waals surface area contributed by atoms with Crippen molar-refractivity contribution in [3.05, 3.63) is 35.4 Å². The van der Waals surface area contributed by atoms with E-state index in [1.165, 1.54) is 12.1 Å². The third kappa shape index (κ3) is 4.07. The lowest BCUT2D eigenvalue weighted by molar-refractivity contribution is -0.120. The van der Waals surface area contributed by atoms with Gasteiger partial charge in [-0.3, -0.25) is 4.79 Å². The van der Waals surface area contributed by atoms with Gasteiger partial charge in [0.1, 0.15) is 0 Å². The van der Waals surface area contributed by atoms with Gasteiger partial charge in [0.25, 0.3) is 0 Å². The van der Waals surface area contributed by atoms with Crippen LogP contribution in [0.2, 0.25) is 0 Å². The Morgan fingerprint density at radius 3 is 2.67 bits per heavy atom. The van der Waals surface area contributed by atoms with Gasteiger partial charge in [-0.05, 0) is 18.0 Å². The number of benzene rings is 1. The molecule has 0 aliphatic rings. The normalized spacial score (nSPS) is 11.4. The molecule has 1 aromatic carbocycles. The van der Waals surface area contributed by atoms with E-state index < -0.39 is 11.6 Å². The highest BCUT2D eigenvalue weighted by molar-refractivity contribution is 5.78. The average molecular weight is 256 g/mol. The van der Waals surface area contributed by atoms with E-state index >= 15 is 0 Å². The van der Waals surface area contributed by atoms with E-state index in [1.807, 2.05) is 13.8 Å². The molecule has 0 heterocycles. The van der Waals surface area contributed by atoms with Crippen LogP contribution in [-0.2, 0) is 11.2 Å².